The molecule has 0 saturated heterocycles. The van der Waals surface area contributed by atoms with Crippen LogP contribution in [0.2, 0.25) is 0 Å². The highest BCUT2D eigenvalue weighted by Crippen LogP contribution is 2.37. The molecule has 3 aromatic carbocycles. The summed E-state index contributed by atoms with van der Waals surface area (Å²) in [6.07, 6.45) is 12.3. The first-order valence-corrected chi connectivity index (χ1v) is 13.0. The molecule has 2 nitrogen and oxygen atoms in total. The maximum atomic E-state index is 13.7. The molecule has 0 N–H and O–H groups in total. The minimum Gasteiger partial charge on any atom is -0.456 e. The van der Waals surface area contributed by atoms with Crippen LogP contribution in [0.3, 0.4) is 0 Å². The monoisotopic (exact) mass is 548 g/mol. The van der Waals surface area contributed by atoms with Crippen LogP contribution < -0.4 is 0 Å². The van der Waals surface area contributed by atoms with E-state index >= 15 is 0 Å². The molecule has 2 aliphatic heterocycles. The fourth-order valence-electron chi connectivity index (χ4n) is 4.35. The van der Waals surface area contributed by atoms with Gasteiger partial charge in [0.2, 0.25) is 0 Å². The molecular weight excluding hydrogens is 521 g/mol. The summed E-state index contributed by atoms with van der Waals surface area (Å²) in [5.74, 6) is 0.841. The Morgan fingerprint density at radius 2 is 1.07 bits per heavy atom. The van der Waals surface area contributed by atoms with Crippen molar-refractivity contribution in [3.8, 4) is 0 Å². The fraction of sp³-hybridized carbons (Fsp3) is 0.0556. The molecule has 0 bridgehead atoms. The van der Waals surface area contributed by atoms with E-state index in [0.29, 0.717) is 39.7 Å². The lowest BCUT2D eigenvalue weighted by molar-refractivity contribution is 0.390. The van der Waals surface area contributed by atoms with Gasteiger partial charge in [0.1, 0.15) is 40.5 Å². The largest absolute Gasteiger partial charge is 0.456 e. The first-order valence-electron chi connectivity index (χ1n) is 13.0. The predicted octanol–water partition coefficient (Wildman–Crippen LogP) is 9.92. The average Bonchev–Trinajstić information content (AvgIpc) is 2.98. The summed E-state index contributed by atoms with van der Waals surface area (Å²) in [4.78, 5) is 0. The Hall–Kier alpha value is -5.03. The predicted molar refractivity (Wildman–Crippen MR) is 158 cm³/mol. The molecule has 0 aromatic heterocycles. The third-order valence-corrected chi connectivity index (χ3v) is 6.55. The van der Waals surface area contributed by atoms with Gasteiger partial charge in [0.25, 0.3) is 0 Å². The molecule has 0 saturated carbocycles. The van der Waals surface area contributed by atoms with E-state index in [2.05, 4.69) is 6.58 Å². The quantitative estimate of drug-likeness (QED) is 0.286. The van der Waals surface area contributed by atoms with E-state index < -0.39 is 5.83 Å². The molecule has 2 aliphatic rings. The summed E-state index contributed by atoms with van der Waals surface area (Å²) in [5, 5.41) is 0. The molecule has 0 radical (unpaired) electrons. The highest BCUT2D eigenvalue weighted by molar-refractivity contribution is 5.80. The van der Waals surface area contributed by atoms with Gasteiger partial charge in [0, 0.05) is 22.3 Å². The standard InChI is InChI=1S/C36H27F3O2/c1-4-25(10-7-24(3)37)33-19-29(20-34(40-33)26-8-5-23(2)6-9-26)30-21-35(27-11-15-31(38)16-12-27)41-36(22-30)28-13-17-32(39)18-14-28/h4-22H,3H2,1-2H3. The maximum absolute atomic E-state index is 13.7. The molecule has 41 heavy (non-hydrogen) atoms. The Balaban J connectivity index is 1.71. The first kappa shape index (κ1) is 27.5. The lowest BCUT2D eigenvalue weighted by Gasteiger charge is -2.23. The van der Waals surface area contributed by atoms with Gasteiger partial charge in [0.05, 0.1) is 0 Å². The van der Waals surface area contributed by atoms with Crippen LogP contribution >= 0.6 is 0 Å². The SMILES string of the molecule is C=C(F)C=CC(=CC)C1=CC(=C2C=C(c3ccc(F)cc3)OC(c3ccc(F)cc3)=C2)C=C(c2ccc(C)cc2)O1. The maximum Gasteiger partial charge on any atom is 0.135 e. The zero-order valence-electron chi connectivity index (χ0n) is 22.6. The molecule has 0 amide bonds. The number of hydrogen-bond acceptors (Lipinski definition) is 2. The van der Waals surface area contributed by atoms with E-state index in [4.69, 9.17) is 9.47 Å². The van der Waals surface area contributed by atoms with Gasteiger partial charge in [-0.15, -0.1) is 0 Å². The molecule has 0 atom stereocenters. The van der Waals surface area contributed by atoms with Crippen molar-refractivity contribution in [3.05, 3.63) is 184 Å². The molecule has 0 unspecified atom stereocenters. The smallest absolute Gasteiger partial charge is 0.135 e. The molecule has 3 aromatic rings. The average molecular weight is 549 g/mol. The second kappa shape index (κ2) is 12.0. The Bertz CT molecular complexity index is 1630. The normalized spacial score (nSPS) is 15.5. The minimum absolute atomic E-state index is 0.358. The number of rotatable bonds is 6. The summed E-state index contributed by atoms with van der Waals surface area (Å²) in [6.45, 7) is 7.17. The summed E-state index contributed by atoms with van der Waals surface area (Å²) in [6, 6.07) is 20.0. The lowest BCUT2D eigenvalue weighted by Crippen LogP contribution is -2.05. The van der Waals surface area contributed by atoms with Crippen LogP contribution in [0.4, 0.5) is 13.2 Å². The minimum atomic E-state index is -0.572. The summed E-state index contributed by atoms with van der Waals surface area (Å²) in [7, 11) is 0. The molecule has 5 rings (SSSR count). The third kappa shape index (κ3) is 6.59. The Labute approximate surface area is 237 Å². The highest BCUT2D eigenvalue weighted by atomic mass is 19.1. The number of hydrogen-bond donors (Lipinski definition) is 0. The molecule has 0 fully saturated rings. The van der Waals surface area contributed by atoms with Crippen LogP contribution in [0.1, 0.15) is 29.2 Å². The van der Waals surface area contributed by atoms with Crippen LogP contribution in [0.5, 0.6) is 0 Å². The Morgan fingerprint density at radius 1 is 0.634 bits per heavy atom. The van der Waals surface area contributed by atoms with Crippen molar-refractivity contribution >= 4 is 17.3 Å². The third-order valence-electron chi connectivity index (χ3n) is 6.55. The van der Waals surface area contributed by atoms with Gasteiger partial charge in [-0.2, -0.15) is 0 Å². The van der Waals surface area contributed by atoms with Gasteiger partial charge in [-0.1, -0.05) is 42.5 Å². The number of allylic oxidation sites excluding steroid dienone is 10. The molecular formula is C36H27F3O2. The number of halogens is 3. The van der Waals surface area contributed by atoms with Crippen molar-refractivity contribution in [1.29, 1.82) is 0 Å². The van der Waals surface area contributed by atoms with Crippen molar-refractivity contribution in [2.45, 2.75) is 13.8 Å². The van der Waals surface area contributed by atoms with E-state index in [-0.39, 0.29) is 11.6 Å². The van der Waals surface area contributed by atoms with Crippen molar-refractivity contribution in [1.82, 2.24) is 0 Å². The van der Waals surface area contributed by atoms with Gasteiger partial charge >= 0.3 is 0 Å². The summed E-state index contributed by atoms with van der Waals surface area (Å²) >= 11 is 0. The van der Waals surface area contributed by atoms with E-state index in [1.165, 1.54) is 30.3 Å². The van der Waals surface area contributed by atoms with E-state index in [1.54, 1.807) is 30.3 Å². The van der Waals surface area contributed by atoms with Crippen molar-refractivity contribution in [3.63, 3.8) is 0 Å². The van der Waals surface area contributed by atoms with Gasteiger partial charge < -0.3 is 9.47 Å². The van der Waals surface area contributed by atoms with E-state index in [1.807, 2.05) is 68.5 Å². The number of aryl methyl sites for hydroxylation is 1. The van der Waals surface area contributed by atoms with Crippen LogP contribution in [0, 0.1) is 18.6 Å². The van der Waals surface area contributed by atoms with E-state index in [9.17, 15) is 13.2 Å². The highest BCUT2D eigenvalue weighted by Gasteiger charge is 2.21. The second-order valence-electron chi connectivity index (χ2n) is 9.55. The van der Waals surface area contributed by atoms with Crippen LogP contribution in [-0.2, 0) is 9.47 Å². The Kier molecular flexibility index (Phi) is 8.06. The van der Waals surface area contributed by atoms with Crippen molar-refractivity contribution < 1.29 is 22.6 Å². The van der Waals surface area contributed by atoms with Gasteiger partial charge in [-0.3, -0.25) is 0 Å². The van der Waals surface area contributed by atoms with Crippen molar-refractivity contribution in [2.24, 2.45) is 0 Å². The van der Waals surface area contributed by atoms with Crippen molar-refractivity contribution in [2.75, 3.05) is 0 Å². The summed E-state index contributed by atoms with van der Waals surface area (Å²) < 4.78 is 53.5. The Morgan fingerprint density at radius 3 is 1.54 bits per heavy atom. The van der Waals surface area contributed by atoms with E-state index in [0.717, 1.165) is 22.3 Å². The van der Waals surface area contributed by atoms with Gasteiger partial charge in [-0.05, 0) is 110 Å². The topological polar surface area (TPSA) is 18.5 Å². The zero-order valence-corrected chi connectivity index (χ0v) is 22.6. The zero-order chi connectivity index (χ0) is 28.9. The fourth-order valence-corrected chi connectivity index (χ4v) is 4.35. The van der Waals surface area contributed by atoms with Crippen LogP contribution in [0.15, 0.2) is 150 Å². The lowest BCUT2D eigenvalue weighted by atomic mass is 9.96. The molecule has 5 heteroatoms. The van der Waals surface area contributed by atoms with Crippen LogP contribution in [0.25, 0.3) is 17.3 Å². The molecule has 0 aliphatic carbocycles. The van der Waals surface area contributed by atoms with Gasteiger partial charge in [0.15, 0.2) is 0 Å². The second-order valence-corrected chi connectivity index (χ2v) is 9.55. The first-order chi connectivity index (χ1) is 19.8. The number of benzene rings is 3. The van der Waals surface area contributed by atoms with Gasteiger partial charge in [-0.25, -0.2) is 13.2 Å². The summed E-state index contributed by atoms with van der Waals surface area (Å²) in [5.41, 5.74) is 5.58. The van der Waals surface area contributed by atoms with Crippen LogP contribution in [-0.4, -0.2) is 0 Å². The molecule has 0 spiro atoms. The molecule has 2 heterocycles. The number of ether oxygens (including phenoxy) is 2. The molecule has 204 valence electrons.